The average Bonchev–Trinajstić information content (AvgIpc) is 2.59. The van der Waals surface area contributed by atoms with Crippen molar-refractivity contribution in [2.75, 3.05) is 13.2 Å². The van der Waals surface area contributed by atoms with Crippen LogP contribution in [0.3, 0.4) is 0 Å². The molecule has 0 saturated carbocycles. The highest BCUT2D eigenvalue weighted by Gasteiger charge is 2.22. The maximum atomic E-state index is 11.8. The van der Waals surface area contributed by atoms with Crippen LogP contribution in [0.15, 0.2) is 10.3 Å². The van der Waals surface area contributed by atoms with Crippen molar-refractivity contribution in [1.82, 2.24) is 19.9 Å². The molecule has 0 unspecified atom stereocenters. The molecule has 2 rings (SSSR count). The molecule has 0 spiro atoms. The summed E-state index contributed by atoms with van der Waals surface area (Å²) in [6.07, 6.45) is 0. The van der Waals surface area contributed by atoms with E-state index in [0.717, 1.165) is 21.6 Å². The smallest absolute Gasteiger partial charge is 0.344 e. The van der Waals surface area contributed by atoms with Gasteiger partial charge in [-0.25, -0.2) is 29.5 Å². The first-order valence-electron chi connectivity index (χ1n) is 7.43. The first-order valence-corrected chi connectivity index (χ1v) is 11.1. The fraction of sp³-hybridized carbons (Fsp3) is 0.286. The van der Waals surface area contributed by atoms with Crippen molar-refractivity contribution in [1.29, 1.82) is 0 Å². The van der Waals surface area contributed by atoms with Crippen molar-refractivity contribution in [3.8, 4) is 0 Å². The van der Waals surface area contributed by atoms with Crippen LogP contribution in [0.25, 0.3) is 0 Å². The second-order valence-electron chi connectivity index (χ2n) is 4.53. The van der Waals surface area contributed by atoms with E-state index < -0.39 is 11.9 Å². The molecule has 0 aliphatic heterocycles. The number of carbonyl (C=O) groups is 2. The Kier molecular flexibility index (Phi) is 8.84. The van der Waals surface area contributed by atoms with Gasteiger partial charge in [0.05, 0.1) is 13.2 Å². The third kappa shape index (κ3) is 5.74. The van der Waals surface area contributed by atoms with Gasteiger partial charge in [0, 0.05) is 0 Å². The number of esters is 2. The highest BCUT2D eigenvalue weighted by molar-refractivity contribution is 8.76. The topological polar surface area (TPSA) is 104 Å². The largest absolute Gasteiger partial charge is 0.462 e. The van der Waals surface area contributed by atoms with Gasteiger partial charge in [0.1, 0.15) is 31.7 Å². The Bertz CT molecular complexity index is 799. The lowest BCUT2D eigenvalue weighted by Gasteiger charge is -2.08. The number of carbonyl (C=O) groups excluding carboxylic acids is 2. The second kappa shape index (κ2) is 10.7. The first-order chi connectivity index (χ1) is 13.3. The summed E-state index contributed by atoms with van der Waals surface area (Å²) in [6, 6.07) is 0. The van der Waals surface area contributed by atoms with Gasteiger partial charge in [0.25, 0.3) is 0 Å². The molecule has 150 valence electrons. The number of nitrogens with zero attached hydrogens (tertiary/aromatic N) is 4. The fourth-order valence-electron chi connectivity index (χ4n) is 1.67. The zero-order valence-electron chi connectivity index (χ0n) is 14.2. The van der Waals surface area contributed by atoms with E-state index in [2.05, 4.69) is 19.9 Å². The molecule has 28 heavy (non-hydrogen) atoms. The Balaban J connectivity index is 2.18. The maximum Gasteiger partial charge on any atom is 0.344 e. The minimum absolute atomic E-state index is 0.124. The maximum absolute atomic E-state index is 11.8. The molecule has 2 aromatic heterocycles. The molecule has 0 aromatic carbocycles. The van der Waals surface area contributed by atoms with Gasteiger partial charge in [-0.15, -0.1) is 0 Å². The minimum Gasteiger partial charge on any atom is -0.462 e. The van der Waals surface area contributed by atoms with E-state index in [1.54, 1.807) is 13.8 Å². The van der Waals surface area contributed by atoms with Gasteiger partial charge in [-0.2, -0.15) is 0 Å². The van der Waals surface area contributed by atoms with Crippen molar-refractivity contribution in [2.45, 2.75) is 24.2 Å². The molecular formula is C14H10Cl4N4O4S2. The molecule has 2 aromatic rings. The van der Waals surface area contributed by atoms with Gasteiger partial charge in [-0.05, 0) is 35.4 Å². The Morgan fingerprint density at radius 1 is 0.714 bits per heavy atom. The SMILES string of the molecule is CCOC(=O)c1c(Cl)nc(SSc2nc(Cl)c(C(=O)OCC)c(Cl)n2)nc1Cl. The van der Waals surface area contributed by atoms with Gasteiger partial charge in [0.15, 0.2) is 0 Å². The molecule has 0 N–H and O–H groups in total. The Morgan fingerprint density at radius 3 is 1.25 bits per heavy atom. The summed E-state index contributed by atoms with van der Waals surface area (Å²) in [6.45, 7) is 3.59. The van der Waals surface area contributed by atoms with Gasteiger partial charge < -0.3 is 9.47 Å². The third-order valence-electron chi connectivity index (χ3n) is 2.75. The molecular weight excluding hydrogens is 494 g/mol. The highest BCUT2D eigenvalue weighted by Crippen LogP contribution is 2.37. The van der Waals surface area contributed by atoms with Crippen molar-refractivity contribution < 1.29 is 19.1 Å². The molecule has 0 saturated heterocycles. The lowest BCUT2D eigenvalue weighted by Crippen LogP contribution is -2.09. The Morgan fingerprint density at radius 2 is 1.00 bits per heavy atom. The first kappa shape index (κ1) is 23.2. The number of aromatic nitrogens is 4. The van der Waals surface area contributed by atoms with Crippen LogP contribution in [0, 0.1) is 0 Å². The van der Waals surface area contributed by atoms with E-state index >= 15 is 0 Å². The molecule has 0 aliphatic carbocycles. The summed E-state index contributed by atoms with van der Waals surface area (Å²) < 4.78 is 9.69. The zero-order chi connectivity index (χ0) is 20.8. The van der Waals surface area contributed by atoms with E-state index in [9.17, 15) is 9.59 Å². The zero-order valence-corrected chi connectivity index (χ0v) is 18.8. The quantitative estimate of drug-likeness (QED) is 0.221. The Labute approximate surface area is 187 Å². The normalized spacial score (nSPS) is 10.6. The van der Waals surface area contributed by atoms with Crippen molar-refractivity contribution in [2.24, 2.45) is 0 Å². The standard InChI is InChI=1S/C14H10Cl4N4O4S2/c1-3-25-11(23)5-7(15)19-13(20-8(5)16)27-28-14-21-9(17)6(10(18)22-14)12(24)26-4-2/h3-4H2,1-2H3. The second-order valence-corrected chi connectivity index (χ2v) is 8.03. The predicted molar refractivity (Wildman–Crippen MR) is 108 cm³/mol. The van der Waals surface area contributed by atoms with Crippen molar-refractivity contribution >= 4 is 79.9 Å². The third-order valence-corrected chi connectivity index (χ3v) is 5.74. The van der Waals surface area contributed by atoms with Gasteiger partial charge in [-0.1, -0.05) is 46.4 Å². The predicted octanol–water partition coefficient (Wildman–Crippen LogP) is 5.03. The molecule has 2 heterocycles. The summed E-state index contributed by atoms with van der Waals surface area (Å²) in [5.74, 6) is -1.45. The van der Waals surface area contributed by atoms with Crippen LogP contribution in [0.5, 0.6) is 0 Å². The number of halogens is 4. The fourth-order valence-corrected chi connectivity index (χ4v) is 4.51. The average molecular weight is 504 g/mol. The van der Waals surface area contributed by atoms with E-state index in [4.69, 9.17) is 55.9 Å². The van der Waals surface area contributed by atoms with Crippen LogP contribution in [0.4, 0.5) is 0 Å². The van der Waals surface area contributed by atoms with Crippen molar-refractivity contribution in [3.63, 3.8) is 0 Å². The minimum atomic E-state index is -0.724. The number of hydrogen-bond donors (Lipinski definition) is 0. The summed E-state index contributed by atoms with van der Waals surface area (Å²) in [4.78, 5) is 39.6. The van der Waals surface area contributed by atoms with Crippen LogP contribution < -0.4 is 0 Å². The molecule has 0 atom stereocenters. The number of ether oxygens (including phenoxy) is 2. The summed E-state index contributed by atoms with van der Waals surface area (Å²) >= 11 is 24.0. The van der Waals surface area contributed by atoms with Crippen LogP contribution in [0.1, 0.15) is 34.6 Å². The van der Waals surface area contributed by atoms with E-state index in [-0.39, 0.29) is 55.3 Å². The summed E-state index contributed by atoms with van der Waals surface area (Å²) in [5, 5.41) is -0.350. The molecule has 14 heteroatoms. The van der Waals surface area contributed by atoms with Crippen molar-refractivity contribution in [3.05, 3.63) is 31.7 Å². The van der Waals surface area contributed by atoms with E-state index in [0.29, 0.717) is 0 Å². The Hall–Kier alpha value is -1.04. The number of rotatable bonds is 7. The van der Waals surface area contributed by atoms with Crippen LogP contribution in [-0.4, -0.2) is 45.1 Å². The molecule has 0 fully saturated rings. The monoisotopic (exact) mass is 502 g/mol. The van der Waals surface area contributed by atoms with E-state index in [1.807, 2.05) is 0 Å². The van der Waals surface area contributed by atoms with Crippen LogP contribution >= 0.6 is 68.0 Å². The van der Waals surface area contributed by atoms with E-state index in [1.165, 1.54) is 0 Å². The van der Waals surface area contributed by atoms with Gasteiger partial charge in [-0.3, -0.25) is 0 Å². The molecule has 8 nitrogen and oxygen atoms in total. The van der Waals surface area contributed by atoms with Crippen LogP contribution in [0.2, 0.25) is 20.6 Å². The number of hydrogen-bond acceptors (Lipinski definition) is 10. The van der Waals surface area contributed by atoms with Crippen LogP contribution in [-0.2, 0) is 9.47 Å². The van der Waals surface area contributed by atoms with Gasteiger partial charge in [0.2, 0.25) is 10.3 Å². The lowest BCUT2D eigenvalue weighted by atomic mass is 10.3. The molecule has 0 aliphatic rings. The molecule has 0 bridgehead atoms. The summed E-state index contributed by atoms with van der Waals surface area (Å²) in [7, 11) is 1.99. The van der Waals surface area contributed by atoms with Gasteiger partial charge >= 0.3 is 11.9 Å². The lowest BCUT2D eigenvalue weighted by molar-refractivity contribution is 0.0515. The molecule has 0 radical (unpaired) electrons. The highest BCUT2D eigenvalue weighted by atomic mass is 35.5. The molecule has 0 amide bonds. The summed E-state index contributed by atoms with van der Waals surface area (Å²) in [5.41, 5.74) is -0.249.